The van der Waals surface area contributed by atoms with Gasteiger partial charge in [-0.2, -0.15) is 0 Å². The van der Waals surface area contributed by atoms with Gasteiger partial charge in [0.25, 0.3) is 5.91 Å². The fourth-order valence-electron chi connectivity index (χ4n) is 1.60. The predicted octanol–water partition coefficient (Wildman–Crippen LogP) is 2.82. The van der Waals surface area contributed by atoms with Gasteiger partial charge in [0, 0.05) is 10.7 Å². The van der Waals surface area contributed by atoms with Crippen LogP contribution in [0.5, 0.6) is 0 Å². The van der Waals surface area contributed by atoms with Crippen LogP contribution in [0.3, 0.4) is 0 Å². The Morgan fingerprint density at radius 3 is 2.75 bits per heavy atom. The van der Waals surface area contributed by atoms with Crippen molar-refractivity contribution in [1.82, 2.24) is 10.3 Å². The normalized spacial score (nSPS) is 13.4. The molecule has 0 aromatic carbocycles. The predicted molar refractivity (Wildman–Crippen MR) is 79.7 cm³/mol. The first-order valence-electron chi connectivity index (χ1n) is 6.10. The van der Waals surface area contributed by atoms with Gasteiger partial charge in [0.05, 0.1) is 12.7 Å². The lowest BCUT2D eigenvalue weighted by Gasteiger charge is -2.22. The summed E-state index contributed by atoms with van der Waals surface area (Å²) in [5.74, 6) is -0.989. The molecular weight excluding hydrogens is 348 g/mol. The molecule has 0 bridgehead atoms. The minimum atomic E-state index is -0.715. The molecule has 1 amide bonds. The molecule has 0 saturated heterocycles. The molecule has 0 aliphatic carbocycles. The van der Waals surface area contributed by atoms with Crippen LogP contribution < -0.4 is 5.32 Å². The number of hydrogen-bond acceptors (Lipinski definition) is 4. The van der Waals surface area contributed by atoms with Gasteiger partial charge in [0.1, 0.15) is 11.2 Å². The zero-order chi connectivity index (χ0) is 15.3. The second-order valence-electron chi connectivity index (χ2n) is 4.35. The van der Waals surface area contributed by atoms with E-state index in [1.165, 1.54) is 13.3 Å². The van der Waals surface area contributed by atoms with Crippen molar-refractivity contribution in [3.05, 3.63) is 27.5 Å². The summed E-state index contributed by atoms with van der Waals surface area (Å²) in [4.78, 5) is 27.8. The van der Waals surface area contributed by atoms with Crippen molar-refractivity contribution in [3.8, 4) is 0 Å². The van der Waals surface area contributed by atoms with Crippen LogP contribution in [0.2, 0.25) is 5.15 Å². The number of pyridine rings is 1. The minimum Gasteiger partial charge on any atom is -0.467 e. The average Bonchev–Trinajstić information content (AvgIpc) is 2.45. The van der Waals surface area contributed by atoms with Gasteiger partial charge in [-0.25, -0.2) is 9.78 Å². The molecule has 1 rings (SSSR count). The van der Waals surface area contributed by atoms with E-state index in [9.17, 15) is 9.59 Å². The highest BCUT2D eigenvalue weighted by atomic mass is 79.9. The Balaban J connectivity index is 2.96. The third-order valence-corrected chi connectivity index (χ3v) is 3.74. The van der Waals surface area contributed by atoms with Crippen LogP contribution in [0, 0.1) is 5.92 Å². The first-order valence-corrected chi connectivity index (χ1v) is 7.27. The summed E-state index contributed by atoms with van der Waals surface area (Å²) in [6.07, 6.45) is 2.22. The van der Waals surface area contributed by atoms with Crippen molar-refractivity contribution >= 4 is 39.4 Å². The van der Waals surface area contributed by atoms with Crippen molar-refractivity contribution in [3.63, 3.8) is 0 Å². The molecule has 1 N–H and O–H groups in total. The number of carbonyl (C=O) groups excluding carboxylic acids is 2. The summed E-state index contributed by atoms with van der Waals surface area (Å²) in [7, 11) is 1.29. The molecule has 0 spiro atoms. The zero-order valence-corrected chi connectivity index (χ0v) is 13.8. The maximum Gasteiger partial charge on any atom is 0.328 e. The van der Waals surface area contributed by atoms with Crippen molar-refractivity contribution in [2.75, 3.05) is 7.11 Å². The second-order valence-corrected chi connectivity index (χ2v) is 5.63. The number of esters is 1. The van der Waals surface area contributed by atoms with Crippen LogP contribution >= 0.6 is 27.5 Å². The molecule has 1 heterocycles. The molecular formula is C13H16BrClN2O3. The SMILES string of the molecule is CCC(C)C(NC(=O)c1cc(Br)cnc1Cl)C(=O)OC. The monoisotopic (exact) mass is 362 g/mol. The van der Waals surface area contributed by atoms with Crippen LogP contribution in [0.1, 0.15) is 30.6 Å². The van der Waals surface area contributed by atoms with Crippen LogP contribution in [0.15, 0.2) is 16.7 Å². The molecule has 7 heteroatoms. The van der Waals surface area contributed by atoms with E-state index in [1.807, 2.05) is 13.8 Å². The van der Waals surface area contributed by atoms with Crippen LogP contribution in [0.4, 0.5) is 0 Å². The number of amides is 1. The standard InChI is InChI=1S/C13H16BrClN2O3/c1-4-7(2)10(13(19)20-3)17-12(18)9-5-8(14)6-16-11(9)15/h5-7,10H,4H2,1-3H3,(H,17,18). The van der Waals surface area contributed by atoms with E-state index in [0.29, 0.717) is 4.47 Å². The molecule has 20 heavy (non-hydrogen) atoms. The number of aromatic nitrogens is 1. The summed E-state index contributed by atoms with van der Waals surface area (Å²) < 4.78 is 5.34. The van der Waals surface area contributed by atoms with Gasteiger partial charge in [0.2, 0.25) is 0 Å². The van der Waals surface area contributed by atoms with Gasteiger partial charge < -0.3 is 10.1 Å². The number of nitrogens with zero attached hydrogens (tertiary/aromatic N) is 1. The number of ether oxygens (including phenoxy) is 1. The van der Waals surface area contributed by atoms with E-state index >= 15 is 0 Å². The molecule has 0 fully saturated rings. The van der Waals surface area contributed by atoms with Crippen LogP contribution in [-0.2, 0) is 9.53 Å². The van der Waals surface area contributed by atoms with Gasteiger partial charge in [0.15, 0.2) is 0 Å². The van der Waals surface area contributed by atoms with Crippen molar-refractivity contribution in [2.24, 2.45) is 5.92 Å². The number of carbonyl (C=O) groups is 2. The fourth-order valence-corrected chi connectivity index (χ4v) is 2.12. The van der Waals surface area contributed by atoms with E-state index in [0.717, 1.165) is 6.42 Å². The molecule has 2 unspecified atom stereocenters. The fraction of sp³-hybridized carbons (Fsp3) is 0.462. The lowest BCUT2D eigenvalue weighted by molar-refractivity contribution is -0.144. The van der Waals surface area contributed by atoms with Crippen molar-refractivity contribution in [2.45, 2.75) is 26.3 Å². The number of hydrogen-bond donors (Lipinski definition) is 1. The molecule has 2 atom stereocenters. The number of methoxy groups -OCH3 is 1. The van der Waals surface area contributed by atoms with Crippen LogP contribution in [0.25, 0.3) is 0 Å². The average molecular weight is 364 g/mol. The number of halogens is 2. The highest BCUT2D eigenvalue weighted by Crippen LogP contribution is 2.19. The quantitative estimate of drug-likeness (QED) is 0.645. The molecule has 0 aliphatic rings. The molecule has 0 saturated carbocycles. The summed E-state index contributed by atoms with van der Waals surface area (Å²) >= 11 is 9.12. The van der Waals surface area contributed by atoms with Crippen LogP contribution in [-0.4, -0.2) is 30.0 Å². The largest absolute Gasteiger partial charge is 0.467 e. The van der Waals surface area contributed by atoms with Gasteiger partial charge >= 0.3 is 5.97 Å². The lowest BCUT2D eigenvalue weighted by atomic mass is 9.99. The molecule has 1 aromatic heterocycles. The first-order chi connectivity index (χ1) is 9.40. The van der Waals surface area contributed by atoms with E-state index < -0.39 is 17.9 Å². The lowest BCUT2D eigenvalue weighted by Crippen LogP contribution is -2.45. The minimum absolute atomic E-state index is 0.0507. The highest BCUT2D eigenvalue weighted by molar-refractivity contribution is 9.10. The third-order valence-electron chi connectivity index (χ3n) is 3.01. The summed E-state index contributed by atoms with van der Waals surface area (Å²) in [6.45, 7) is 3.79. The zero-order valence-electron chi connectivity index (χ0n) is 11.4. The van der Waals surface area contributed by atoms with Gasteiger partial charge in [-0.15, -0.1) is 0 Å². The Morgan fingerprint density at radius 2 is 2.20 bits per heavy atom. The summed E-state index contributed by atoms with van der Waals surface area (Å²) in [5, 5.41) is 2.73. The smallest absolute Gasteiger partial charge is 0.328 e. The second kappa shape index (κ2) is 7.59. The summed E-state index contributed by atoms with van der Waals surface area (Å²) in [5.41, 5.74) is 0.207. The molecule has 110 valence electrons. The Hall–Kier alpha value is -1.14. The summed E-state index contributed by atoms with van der Waals surface area (Å²) in [6, 6.07) is 0.836. The molecule has 0 aliphatic heterocycles. The maximum atomic E-state index is 12.2. The molecule has 1 aromatic rings. The highest BCUT2D eigenvalue weighted by Gasteiger charge is 2.27. The van der Waals surface area contributed by atoms with E-state index in [4.69, 9.17) is 16.3 Å². The Kier molecular flexibility index (Phi) is 6.42. The Morgan fingerprint density at radius 1 is 1.55 bits per heavy atom. The van der Waals surface area contributed by atoms with E-state index in [2.05, 4.69) is 26.2 Å². The van der Waals surface area contributed by atoms with Gasteiger partial charge in [-0.1, -0.05) is 31.9 Å². The number of rotatable bonds is 5. The van der Waals surface area contributed by atoms with Crippen molar-refractivity contribution in [1.29, 1.82) is 0 Å². The van der Waals surface area contributed by atoms with Crippen molar-refractivity contribution < 1.29 is 14.3 Å². The van der Waals surface area contributed by atoms with Gasteiger partial charge in [-0.05, 0) is 27.9 Å². The molecule has 5 nitrogen and oxygen atoms in total. The van der Waals surface area contributed by atoms with E-state index in [1.54, 1.807) is 6.07 Å². The number of nitrogens with one attached hydrogen (secondary N) is 1. The van der Waals surface area contributed by atoms with Gasteiger partial charge in [-0.3, -0.25) is 4.79 Å². The molecule has 0 radical (unpaired) electrons. The Labute approximate surface area is 131 Å². The first kappa shape index (κ1) is 16.9. The third kappa shape index (κ3) is 4.18. The topological polar surface area (TPSA) is 68.3 Å². The van der Waals surface area contributed by atoms with E-state index in [-0.39, 0.29) is 16.6 Å². The maximum absolute atomic E-state index is 12.2. The Bertz CT molecular complexity index is 510.